The average Bonchev–Trinajstić information content (AvgIpc) is 2.77. The molecule has 0 aromatic heterocycles. The summed E-state index contributed by atoms with van der Waals surface area (Å²) in [5.41, 5.74) is 6.65. The largest absolute Gasteiger partial charge is 0.494 e. The van der Waals surface area contributed by atoms with E-state index >= 15 is 0 Å². The van der Waals surface area contributed by atoms with Crippen LogP contribution in [0.4, 0.5) is 11.4 Å². The second-order valence-corrected chi connectivity index (χ2v) is 4.70. The van der Waals surface area contributed by atoms with Crippen LogP contribution in [-0.4, -0.2) is 36.3 Å². The maximum absolute atomic E-state index is 11.9. The molecule has 1 aromatic rings. The van der Waals surface area contributed by atoms with Crippen LogP contribution < -0.4 is 15.8 Å². The average molecular weight is 291 g/mol. The molecule has 1 heterocycles. The SMILES string of the molecule is COc1cc(N)ccc1NC(=O)CCN1C(=O)CCC1=O. The number of imide groups is 1. The van der Waals surface area contributed by atoms with Gasteiger partial charge in [-0.2, -0.15) is 0 Å². The minimum atomic E-state index is -0.300. The number of methoxy groups -OCH3 is 1. The van der Waals surface area contributed by atoms with Crippen molar-refractivity contribution in [2.45, 2.75) is 19.3 Å². The molecule has 7 nitrogen and oxygen atoms in total. The van der Waals surface area contributed by atoms with E-state index in [4.69, 9.17) is 10.5 Å². The summed E-state index contributed by atoms with van der Waals surface area (Å²) < 4.78 is 5.13. The molecule has 0 atom stereocenters. The predicted molar refractivity (Wildman–Crippen MR) is 76.6 cm³/mol. The van der Waals surface area contributed by atoms with Crippen molar-refractivity contribution in [3.8, 4) is 5.75 Å². The second kappa shape index (κ2) is 6.25. The second-order valence-electron chi connectivity index (χ2n) is 4.70. The lowest BCUT2D eigenvalue weighted by Gasteiger charge is -2.14. The Balaban J connectivity index is 1.93. The summed E-state index contributed by atoms with van der Waals surface area (Å²) in [7, 11) is 1.48. The molecule has 21 heavy (non-hydrogen) atoms. The van der Waals surface area contributed by atoms with E-state index in [9.17, 15) is 14.4 Å². The molecule has 1 aliphatic heterocycles. The molecule has 7 heteroatoms. The minimum absolute atomic E-state index is 0.0466. The molecule has 0 saturated carbocycles. The van der Waals surface area contributed by atoms with Crippen molar-refractivity contribution in [2.75, 3.05) is 24.7 Å². The van der Waals surface area contributed by atoms with Crippen LogP contribution >= 0.6 is 0 Å². The first-order valence-corrected chi connectivity index (χ1v) is 6.58. The summed E-state index contributed by atoms with van der Waals surface area (Å²) in [4.78, 5) is 35.9. The zero-order valence-corrected chi connectivity index (χ0v) is 11.7. The molecule has 1 saturated heterocycles. The zero-order chi connectivity index (χ0) is 15.4. The molecule has 3 amide bonds. The highest BCUT2D eigenvalue weighted by Crippen LogP contribution is 2.26. The molecular formula is C14H17N3O4. The van der Waals surface area contributed by atoms with Gasteiger partial charge in [0.05, 0.1) is 12.8 Å². The van der Waals surface area contributed by atoms with Crippen molar-refractivity contribution in [2.24, 2.45) is 0 Å². The van der Waals surface area contributed by atoms with E-state index in [0.717, 1.165) is 4.90 Å². The van der Waals surface area contributed by atoms with Crippen LogP contribution in [0, 0.1) is 0 Å². The number of nitrogens with zero attached hydrogens (tertiary/aromatic N) is 1. The Bertz CT molecular complexity index is 570. The molecule has 2 rings (SSSR count). The fraction of sp³-hybridized carbons (Fsp3) is 0.357. The van der Waals surface area contributed by atoms with E-state index in [2.05, 4.69) is 5.32 Å². The number of ether oxygens (including phenoxy) is 1. The van der Waals surface area contributed by atoms with Gasteiger partial charge in [0, 0.05) is 37.6 Å². The maximum atomic E-state index is 11.9. The smallest absolute Gasteiger partial charge is 0.229 e. The fourth-order valence-electron chi connectivity index (χ4n) is 2.11. The Morgan fingerprint density at radius 1 is 1.33 bits per heavy atom. The first-order chi connectivity index (χ1) is 10.0. The molecule has 1 aliphatic rings. The number of benzene rings is 1. The predicted octanol–water partition coefficient (Wildman–Crippen LogP) is 0.755. The van der Waals surface area contributed by atoms with Gasteiger partial charge in [0.2, 0.25) is 17.7 Å². The minimum Gasteiger partial charge on any atom is -0.494 e. The van der Waals surface area contributed by atoms with Gasteiger partial charge in [0.1, 0.15) is 5.75 Å². The number of hydrogen-bond acceptors (Lipinski definition) is 5. The molecule has 3 N–H and O–H groups in total. The quantitative estimate of drug-likeness (QED) is 0.616. The van der Waals surface area contributed by atoms with Gasteiger partial charge in [-0.3, -0.25) is 19.3 Å². The summed E-state index contributed by atoms with van der Waals surface area (Å²) in [5.74, 6) is -0.294. The van der Waals surface area contributed by atoms with Crippen molar-refractivity contribution >= 4 is 29.1 Å². The number of carbonyl (C=O) groups excluding carboxylic acids is 3. The van der Waals surface area contributed by atoms with Crippen molar-refractivity contribution in [1.82, 2.24) is 4.90 Å². The third-order valence-electron chi connectivity index (χ3n) is 3.22. The number of amides is 3. The number of nitrogens with two attached hydrogens (primary N) is 1. The lowest BCUT2D eigenvalue weighted by Crippen LogP contribution is -2.32. The topological polar surface area (TPSA) is 102 Å². The third-order valence-corrected chi connectivity index (χ3v) is 3.22. The van der Waals surface area contributed by atoms with Crippen LogP contribution in [0.1, 0.15) is 19.3 Å². The lowest BCUT2D eigenvalue weighted by atomic mass is 10.2. The van der Waals surface area contributed by atoms with Crippen LogP contribution in [-0.2, 0) is 14.4 Å². The molecular weight excluding hydrogens is 274 g/mol. The van der Waals surface area contributed by atoms with E-state index in [1.165, 1.54) is 7.11 Å². The standard InChI is InChI=1S/C14H17N3O4/c1-21-11-8-9(15)2-3-10(11)16-12(18)6-7-17-13(19)4-5-14(17)20/h2-3,8H,4-7,15H2,1H3,(H,16,18). The molecule has 0 unspecified atom stereocenters. The summed E-state index contributed by atoms with van der Waals surface area (Å²) >= 11 is 0. The van der Waals surface area contributed by atoms with Crippen LogP contribution in [0.15, 0.2) is 18.2 Å². The van der Waals surface area contributed by atoms with E-state index < -0.39 is 0 Å². The molecule has 0 bridgehead atoms. The van der Waals surface area contributed by atoms with E-state index in [1.807, 2.05) is 0 Å². The van der Waals surface area contributed by atoms with Crippen molar-refractivity contribution in [3.05, 3.63) is 18.2 Å². The van der Waals surface area contributed by atoms with Crippen LogP contribution in [0.2, 0.25) is 0 Å². The summed E-state index contributed by atoms with van der Waals surface area (Å²) in [6.45, 7) is 0.0980. The fourth-order valence-corrected chi connectivity index (χ4v) is 2.11. The van der Waals surface area contributed by atoms with Gasteiger partial charge in [0.25, 0.3) is 0 Å². The van der Waals surface area contributed by atoms with Gasteiger partial charge in [-0.25, -0.2) is 0 Å². The summed E-state index contributed by atoms with van der Waals surface area (Å²) in [6.07, 6.45) is 0.503. The van der Waals surface area contributed by atoms with Crippen molar-refractivity contribution < 1.29 is 19.1 Å². The third kappa shape index (κ3) is 3.50. The van der Waals surface area contributed by atoms with Gasteiger partial charge in [-0.1, -0.05) is 0 Å². The lowest BCUT2D eigenvalue weighted by molar-refractivity contribution is -0.138. The molecule has 1 fully saturated rings. The Morgan fingerprint density at radius 3 is 2.62 bits per heavy atom. The highest BCUT2D eigenvalue weighted by Gasteiger charge is 2.28. The summed E-state index contributed by atoms with van der Waals surface area (Å²) in [6, 6.07) is 4.88. The van der Waals surface area contributed by atoms with Gasteiger partial charge < -0.3 is 15.8 Å². The molecule has 112 valence electrons. The van der Waals surface area contributed by atoms with Gasteiger partial charge in [-0.05, 0) is 12.1 Å². The number of nitrogens with one attached hydrogen (secondary N) is 1. The molecule has 0 radical (unpaired) electrons. The van der Waals surface area contributed by atoms with Gasteiger partial charge in [0.15, 0.2) is 0 Å². The zero-order valence-electron chi connectivity index (χ0n) is 11.7. The van der Waals surface area contributed by atoms with E-state index in [0.29, 0.717) is 17.1 Å². The number of carbonyl (C=O) groups is 3. The van der Waals surface area contributed by atoms with Crippen LogP contribution in [0.25, 0.3) is 0 Å². The Morgan fingerprint density at radius 2 is 2.00 bits per heavy atom. The number of anilines is 2. The number of hydrogen-bond donors (Lipinski definition) is 2. The first-order valence-electron chi connectivity index (χ1n) is 6.58. The normalized spacial score (nSPS) is 14.4. The Hall–Kier alpha value is -2.57. The Labute approximate surface area is 122 Å². The van der Waals surface area contributed by atoms with Crippen LogP contribution in [0.5, 0.6) is 5.75 Å². The van der Waals surface area contributed by atoms with Gasteiger partial charge >= 0.3 is 0 Å². The summed E-state index contributed by atoms with van der Waals surface area (Å²) in [5, 5.41) is 2.67. The van der Waals surface area contributed by atoms with E-state index in [-0.39, 0.29) is 43.5 Å². The highest BCUT2D eigenvalue weighted by molar-refractivity contribution is 6.02. The number of likely N-dealkylation sites (tertiary alicyclic amines) is 1. The van der Waals surface area contributed by atoms with Crippen molar-refractivity contribution in [1.29, 1.82) is 0 Å². The van der Waals surface area contributed by atoms with Crippen LogP contribution in [0.3, 0.4) is 0 Å². The monoisotopic (exact) mass is 291 g/mol. The molecule has 1 aromatic carbocycles. The Kier molecular flexibility index (Phi) is 4.42. The first kappa shape index (κ1) is 14.8. The molecule has 0 aliphatic carbocycles. The molecule has 0 spiro atoms. The highest BCUT2D eigenvalue weighted by atomic mass is 16.5. The maximum Gasteiger partial charge on any atom is 0.229 e. The number of nitrogen functional groups attached to an aromatic ring is 1. The van der Waals surface area contributed by atoms with E-state index in [1.54, 1.807) is 18.2 Å². The van der Waals surface area contributed by atoms with Crippen molar-refractivity contribution in [3.63, 3.8) is 0 Å². The number of rotatable bonds is 5. The van der Waals surface area contributed by atoms with Gasteiger partial charge in [-0.15, -0.1) is 0 Å².